The van der Waals surface area contributed by atoms with Crippen LogP contribution in [0.1, 0.15) is 11.1 Å². The number of methoxy groups -OCH3 is 2. The van der Waals surface area contributed by atoms with Crippen LogP contribution >= 0.6 is 0 Å². The molecule has 154 valence electrons. The predicted octanol–water partition coefficient (Wildman–Crippen LogP) is 3.18. The molecular formula is C22H22N4O4. The van der Waals surface area contributed by atoms with Crippen LogP contribution in [0.3, 0.4) is 0 Å². The molecule has 8 nitrogen and oxygen atoms in total. The number of nitrogens with one attached hydrogen (secondary N) is 1. The van der Waals surface area contributed by atoms with Gasteiger partial charge in [0, 0.05) is 31.1 Å². The second kappa shape index (κ2) is 8.08. The molecule has 0 radical (unpaired) electrons. The van der Waals surface area contributed by atoms with Crippen molar-refractivity contribution >= 4 is 21.9 Å². The molecule has 0 aliphatic rings. The van der Waals surface area contributed by atoms with E-state index < -0.39 is 0 Å². The highest BCUT2D eigenvalue weighted by molar-refractivity contribution is 6.04. The number of hydrogen-bond donors (Lipinski definition) is 1. The van der Waals surface area contributed by atoms with Gasteiger partial charge in [-0.15, -0.1) is 0 Å². The Bertz CT molecular complexity index is 1280. The summed E-state index contributed by atoms with van der Waals surface area (Å²) < 4.78 is 16.3. The summed E-state index contributed by atoms with van der Waals surface area (Å²) in [5.41, 5.74) is 3.98. The van der Waals surface area contributed by atoms with E-state index in [9.17, 15) is 4.79 Å². The molecule has 0 amide bonds. The van der Waals surface area contributed by atoms with E-state index in [2.05, 4.69) is 15.0 Å². The molecule has 2 heterocycles. The average Bonchev–Trinajstić information content (AvgIpc) is 2.74. The fourth-order valence-electron chi connectivity index (χ4n) is 3.55. The van der Waals surface area contributed by atoms with E-state index in [0.29, 0.717) is 46.7 Å². The molecule has 1 N–H and O–H groups in total. The number of aryl methyl sites for hydroxylation is 2. The zero-order valence-corrected chi connectivity index (χ0v) is 17.3. The molecule has 0 aliphatic heterocycles. The van der Waals surface area contributed by atoms with Crippen LogP contribution in [-0.2, 0) is 4.74 Å². The van der Waals surface area contributed by atoms with E-state index in [0.717, 1.165) is 22.4 Å². The Balaban J connectivity index is 1.90. The number of aromatic amines is 1. The Morgan fingerprint density at radius 2 is 1.70 bits per heavy atom. The molecule has 4 aromatic rings. The van der Waals surface area contributed by atoms with Gasteiger partial charge < -0.3 is 19.2 Å². The fraction of sp³-hybridized carbons (Fsp3) is 0.273. The Morgan fingerprint density at radius 3 is 2.40 bits per heavy atom. The number of ether oxygens (including phenoxy) is 3. The molecule has 8 heteroatoms. The van der Waals surface area contributed by atoms with Gasteiger partial charge in [-0.05, 0) is 37.1 Å². The minimum atomic E-state index is -0.296. The molecule has 2 aromatic heterocycles. The summed E-state index contributed by atoms with van der Waals surface area (Å²) in [5, 5.41) is 0.349. The standard InChI is InChI=1S/C22H22N4O4/c1-12-9-14(10-13(2)20(12)30-8-7-28-3)21-25-19-17(22(27)26-21)16(29-4)11-15-18(19)24-6-5-23-15/h5-6,9-11H,7-8H2,1-4H3,(H,25,26,27). The third-order valence-electron chi connectivity index (χ3n) is 4.87. The minimum Gasteiger partial charge on any atom is -0.496 e. The summed E-state index contributed by atoms with van der Waals surface area (Å²) in [6, 6.07) is 5.57. The van der Waals surface area contributed by atoms with E-state index in [4.69, 9.17) is 19.2 Å². The smallest absolute Gasteiger partial charge is 0.262 e. The molecule has 0 aliphatic carbocycles. The highest BCUT2D eigenvalue weighted by atomic mass is 16.5. The molecule has 2 aromatic carbocycles. The lowest BCUT2D eigenvalue weighted by molar-refractivity contribution is 0.145. The maximum Gasteiger partial charge on any atom is 0.262 e. The van der Waals surface area contributed by atoms with Crippen LogP contribution in [0.4, 0.5) is 0 Å². The first-order valence-electron chi connectivity index (χ1n) is 9.48. The SMILES string of the molecule is COCCOc1c(C)cc(-c2nc3c(c(OC)cc4nccnc43)c(=O)[nH]2)cc1C. The molecule has 0 bridgehead atoms. The molecule has 0 saturated carbocycles. The number of rotatable bonds is 6. The summed E-state index contributed by atoms with van der Waals surface area (Å²) in [6.07, 6.45) is 3.17. The quantitative estimate of drug-likeness (QED) is 0.388. The molecule has 0 atom stereocenters. The van der Waals surface area contributed by atoms with Gasteiger partial charge in [0.25, 0.3) is 5.56 Å². The summed E-state index contributed by atoms with van der Waals surface area (Å²) in [4.78, 5) is 29.3. The second-order valence-corrected chi connectivity index (χ2v) is 6.92. The molecule has 0 spiro atoms. The maximum absolute atomic E-state index is 12.9. The molecular weight excluding hydrogens is 384 g/mol. The van der Waals surface area contributed by atoms with Crippen molar-refractivity contribution in [1.29, 1.82) is 0 Å². The van der Waals surface area contributed by atoms with Gasteiger partial charge in [0.1, 0.15) is 40.3 Å². The third kappa shape index (κ3) is 3.46. The van der Waals surface area contributed by atoms with Crippen molar-refractivity contribution in [1.82, 2.24) is 19.9 Å². The molecule has 30 heavy (non-hydrogen) atoms. The second-order valence-electron chi connectivity index (χ2n) is 6.92. The van der Waals surface area contributed by atoms with Crippen molar-refractivity contribution in [3.8, 4) is 22.9 Å². The lowest BCUT2D eigenvalue weighted by Crippen LogP contribution is -2.12. The van der Waals surface area contributed by atoms with Crippen LogP contribution in [0.5, 0.6) is 11.5 Å². The number of fused-ring (bicyclic) bond motifs is 3. The zero-order valence-electron chi connectivity index (χ0n) is 17.3. The number of nitrogens with zero attached hydrogens (tertiary/aromatic N) is 3. The van der Waals surface area contributed by atoms with E-state index in [1.807, 2.05) is 26.0 Å². The van der Waals surface area contributed by atoms with Crippen molar-refractivity contribution in [2.75, 3.05) is 27.4 Å². The van der Waals surface area contributed by atoms with Gasteiger partial charge in [0.15, 0.2) is 0 Å². The summed E-state index contributed by atoms with van der Waals surface area (Å²) in [6.45, 7) is 4.90. The van der Waals surface area contributed by atoms with Crippen LogP contribution in [0.2, 0.25) is 0 Å². The van der Waals surface area contributed by atoms with E-state index in [1.54, 1.807) is 25.6 Å². The maximum atomic E-state index is 12.9. The Hall–Kier alpha value is -3.52. The fourth-order valence-corrected chi connectivity index (χ4v) is 3.55. The number of aromatic nitrogens is 4. The average molecular weight is 406 g/mol. The van der Waals surface area contributed by atoms with Gasteiger partial charge in [0.05, 0.1) is 19.2 Å². The Kier molecular flexibility index (Phi) is 5.33. The molecule has 0 saturated heterocycles. The van der Waals surface area contributed by atoms with Crippen molar-refractivity contribution < 1.29 is 14.2 Å². The zero-order chi connectivity index (χ0) is 21.3. The predicted molar refractivity (Wildman–Crippen MR) is 114 cm³/mol. The van der Waals surface area contributed by atoms with Gasteiger partial charge in [-0.2, -0.15) is 0 Å². The van der Waals surface area contributed by atoms with Crippen LogP contribution in [0.15, 0.2) is 35.4 Å². The van der Waals surface area contributed by atoms with Crippen LogP contribution in [0, 0.1) is 13.8 Å². The topological polar surface area (TPSA) is 99.2 Å². The summed E-state index contributed by atoms with van der Waals surface area (Å²) in [7, 11) is 3.15. The lowest BCUT2D eigenvalue weighted by Gasteiger charge is -2.14. The number of benzene rings is 2. The summed E-state index contributed by atoms with van der Waals surface area (Å²) in [5.74, 6) is 1.66. The van der Waals surface area contributed by atoms with E-state index >= 15 is 0 Å². The van der Waals surface area contributed by atoms with Crippen LogP contribution < -0.4 is 15.0 Å². The first kappa shape index (κ1) is 19.8. The van der Waals surface area contributed by atoms with Crippen molar-refractivity contribution in [3.63, 3.8) is 0 Å². The molecule has 4 rings (SSSR count). The van der Waals surface area contributed by atoms with Crippen molar-refractivity contribution in [2.24, 2.45) is 0 Å². The van der Waals surface area contributed by atoms with Crippen molar-refractivity contribution in [3.05, 3.63) is 52.1 Å². The van der Waals surface area contributed by atoms with Crippen LogP contribution in [0.25, 0.3) is 33.3 Å². The van der Waals surface area contributed by atoms with Gasteiger partial charge in [-0.3, -0.25) is 14.8 Å². The number of H-pyrrole nitrogens is 1. The Labute approximate surface area is 172 Å². The monoisotopic (exact) mass is 406 g/mol. The van der Waals surface area contributed by atoms with E-state index in [-0.39, 0.29) is 5.56 Å². The van der Waals surface area contributed by atoms with E-state index in [1.165, 1.54) is 7.11 Å². The van der Waals surface area contributed by atoms with Crippen molar-refractivity contribution in [2.45, 2.75) is 13.8 Å². The molecule has 0 fully saturated rings. The van der Waals surface area contributed by atoms with Crippen LogP contribution in [-0.4, -0.2) is 47.4 Å². The highest BCUT2D eigenvalue weighted by Gasteiger charge is 2.17. The highest BCUT2D eigenvalue weighted by Crippen LogP contribution is 2.31. The first-order valence-corrected chi connectivity index (χ1v) is 9.48. The van der Waals surface area contributed by atoms with Gasteiger partial charge in [0.2, 0.25) is 0 Å². The third-order valence-corrected chi connectivity index (χ3v) is 4.87. The van der Waals surface area contributed by atoms with Gasteiger partial charge >= 0.3 is 0 Å². The molecule has 0 unspecified atom stereocenters. The minimum absolute atomic E-state index is 0.296. The van der Waals surface area contributed by atoms with Gasteiger partial charge in [-0.25, -0.2) is 4.98 Å². The normalized spacial score (nSPS) is 11.2. The Morgan fingerprint density at radius 1 is 0.967 bits per heavy atom. The first-order chi connectivity index (χ1) is 14.5. The van der Waals surface area contributed by atoms with Gasteiger partial charge in [-0.1, -0.05) is 0 Å². The summed E-state index contributed by atoms with van der Waals surface area (Å²) >= 11 is 0. The lowest BCUT2D eigenvalue weighted by atomic mass is 10.0. The number of hydrogen-bond acceptors (Lipinski definition) is 7. The largest absolute Gasteiger partial charge is 0.496 e.